The van der Waals surface area contributed by atoms with E-state index in [1.807, 2.05) is 36.5 Å². The standard InChI is InChI=1S/C16H18N4O/c1-12-6-7-17-10-13(12)11-19-14-2-4-15(5-3-14)20-9-8-18-16(20)21/h2-7,10,19H,8-9,11H2,1H3,(H,18,21). The molecule has 1 aliphatic heterocycles. The number of hydrogen-bond donors (Lipinski definition) is 2. The molecule has 2 amide bonds. The van der Waals surface area contributed by atoms with Crippen molar-refractivity contribution in [3.05, 3.63) is 53.9 Å². The molecule has 1 aliphatic rings. The number of carbonyl (C=O) groups excluding carboxylic acids is 1. The first-order valence-electron chi connectivity index (χ1n) is 7.03. The largest absolute Gasteiger partial charge is 0.381 e. The average molecular weight is 282 g/mol. The molecule has 5 heteroatoms. The van der Waals surface area contributed by atoms with E-state index in [0.29, 0.717) is 6.54 Å². The van der Waals surface area contributed by atoms with Crippen LogP contribution in [0, 0.1) is 6.92 Å². The van der Waals surface area contributed by atoms with Gasteiger partial charge in [0.15, 0.2) is 0 Å². The molecule has 0 saturated carbocycles. The minimum atomic E-state index is -0.0262. The molecule has 2 heterocycles. The average Bonchev–Trinajstić information content (AvgIpc) is 2.93. The third kappa shape index (κ3) is 2.97. The van der Waals surface area contributed by atoms with Crippen molar-refractivity contribution in [3.8, 4) is 0 Å². The summed E-state index contributed by atoms with van der Waals surface area (Å²) in [6, 6.07) is 9.89. The topological polar surface area (TPSA) is 57.3 Å². The van der Waals surface area contributed by atoms with E-state index < -0.39 is 0 Å². The first kappa shape index (κ1) is 13.4. The summed E-state index contributed by atoms with van der Waals surface area (Å²) >= 11 is 0. The zero-order valence-corrected chi connectivity index (χ0v) is 12.0. The Bertz CT molecular complexity index is 639. The molecular weight excluding hydrogens is 264 g/mol. The number of benzene rings is 1. The summed E-state index contributed by atoms with van der Waals surface area (Å²) in [5, 5.41) is 6.17. The normalized spacial score (nSPS) is 14.1. The highest BCUT2D eigenvalue weighted by atomic mass is 16.2. The number of hydrogen-bond acceptors (Lipinski definition) is 3. The quantitative estimate of drug-likeness (QED) is 0.906. The lowest BCUT2D eigenvalue weighted by Gasteiger charge is -2.15. The Balaban J connectivity index is 1.65. The van der Waals surface area contributed by atoms with E-state index in [1.165, 1.54) is 11.1 Å². The van der Waals surface area contributed by atoms with E-state index in [1.54, 1.807) is 11.1 Å². The fraction of sp³-hybridized carbons (Fsp3) is 0.250. The van der Waals surface area contributed by atoms with Gasteiger partial charge in [-0.3, -0.25) is 9.88 Å². The second-order valence-corrected chi connectivity index (χ2v) is 5.09. The highest BCUT2D eigenvalue weighted by molar-refractivity contribution is 5.94. The van der Waals surface area contributed by atoms with E-state index in [2.05, 4.69) is 22.5 Å². The predicted molar refractivity (Wildman–Crippen MR) is 83.5 cm³/mol. The third-order valence-corrected chi connectivity index (χ3v) is 3.67. The SMILES string of the molecule is Cc1ccncc1CNc1ccc(N2CCNC2=O)cc1. The lowest BCUT2D eigenvalue weighted by atomic mass is 10.1. The van der Waals surface area contributed by atoms with Crippen LogP contribution in [-0.2, 0) is 6.54 Å². The minimum absolute atomic E-state index is 0.0262. The first-order chi connectivity index (χ1) is 10.2. The lowest BCUT2D eigenvalue weighted by molar-refractivity contribution is 0.252. The molecule has 5 nitrogen and oxygen atoms in total. The molecule has 2 N–H and O–H groups in total. The summed E-state index contributed by atoms with van der Waals surface area (Å²) in [4.78, 5) is 17.5. The van der Waals surface area contributed by atoms with Crippen molar-refractivity contribution in [2.24, 2.45) is 0 Å². The summed E-state index contributed by atoms with van der Waals surface area (Å²) in [5.41, 5.74) is 4.36. The second kappa shape index (κ2) is 5.83. The van der Waals surface area contributed by atoms with Crippen LogP contribution < -0.4 is 15.5 Å². The number of nitrogens with zero attached hydrogens (tertiary/aromatic N) is 2. The Kier molecular flexibility index (Phi) is 3.73. The molecule has 1 aromatic heterocycles. The van der Waals surface area contributed by atoms with E-state index in [4.69, 9.17) is 0 Å². The van der Waals surface area contributed by atoms with E-state index in [0.717, 1.165) is 24.5 Å². The van der Waals surface area contributed by atoms with Gasteiger partial charge in [-0.2, -0.15) is 0 Å². The molecule has 0 unspecified atom stereocenters. The predicted octanol–water partition coefficient (Wildman–Crippen LogP) is 2.53. The Morgan fingerprint density at radius 2 is 2.10 bits per heavy atom. The van der Waals surface area contributed by atoms with Gasteiger partial charge in [0.1, 0.15) is 0 Å². The Labute approximate surface area is 124 Å². The van der Waals surface area contributed by atoms with Crippen LogP contribution in [0.3, 0.4) is 0 Å². The number of urea groups is 1. The molecule has 1 fully saturated rings. The number of pyridine rings is 1. The molecule has 3 rings (SSSR count). The van der Waals surface area contributed by atoms with Crippen LogP contribution >= 0.6 is 0 Å². The van der Waals surface area contributed by atoms with Crippen molar-refractivity contribution >= 4 is 17.4 Å². The summed E-state index contributed by atoms with van der Waals surface area (Å²) in [7, 11) is 0. The van der Waals surface area contributed by atoms with Gasteiger partial charge >= 0.3 is 6.03 Å². The van der Waals surface area contributed by atoms with Crippen molar-refractivity contribution in [2.45, 2.75) is 13.5 Å². The molecular formula is C16H18N4O. The fourth-order valence-electron chi connectivity index (χ4n) is 2.36. The van der Waals surface area contributed by atoms with Gasteiger partial charge in [0.25, 0.3) is 0 Å². The Morgan fingerprint density at radius 3 is 2.76 bits per heavy atom. The highest BCUT2D eigenvalue weighted by Crippen LogP contribution is 2.20. The maximum atomic E-state index is 11.6. The third-order valence-electron chi connectivity index (χ3n) is 3.67. The number of anilines is 2. The van der Waals surface area contributed by atoms with Crippen molar-refractivity contribution in [1.29, 1.82) is 0 Å². The summed E-state index contributed by atoms with van der Waals surface area (Å²) < 4.78 is 0. The van der Waals surface area contributed by atoms with Crippen LogP contribution in [0.4, 0.5) is 16.2 Å². The molecule has 2 aromatic rings. The maximum absolute atomic E-state index is 11.6. The molecule has 21 heavy (non-hydrogen) atoms. The van der Waals surface area contributed by atoms with Gasteiger partial charge in [-0.15, -0.1) is 0 Å². The first-order valence-corrected chi connectivity index (χ1v) is 7.03. The van der Waals surface area contributed by atoms with Gasteiger partial charge in [-0.05, 0) is 48.4 Å². The van der Waals surface area contributed by atoms with Gasteiger partial charge < -0.3 is 10.6 Å². The second-order valence-electron chi connectivity index (χ2n) is 5.09. The highest BCUT2D eigenvalue weighted by Gasteiger charge is 2.20. The van der Waals surface area contributed by atoms with E-state index >= 15 is 0 Å². The Hall–Kier alpha value is -2.56. The van der Waals surface area contributed by atoms with E-state index in [-0.39, 0.29) is 6.03 Å². The lowest BCUT2D eigenvalue weighted by Crippen LogP contribution is -2.27. The zero-order valence-electron chi connectivity index (χ0n) is 12.0. The van der Waals surface area contributed by atoms with Crippen molar-refractivity contribution in [3.63, 3.8) is 0 Å². The van der Waals surface area contributed by atoms with Gasteiger partial charge in [0.2, 0.25) is 0 Å². The van der Waals surface area contributed by atoms with Gasteiger partial charge in [-0.1, -0.05) is 0 Å². The molecule has 108 valence electrons. The van der Waals surface area contributed by atoms with Crippen molar-refractivity contribution < 1.29 is 4.79 Å². The molecule has 1 aromatic carbocycles. The van der Waals surface area contributed by atoms with Crippen LogP contribution in [0.25, 0.3) is 0 Å². The number of aryl methyl sites for hydroxylation is 1. The van der Waals surface area contributed by atoms with Crippen LogP contribution in [0.15, 0.2) is 42.7 Å². The number of rotatable bonds is 4. The number of carbonyl (C=O) groups is 1. The molecule has 0 spiro atoms. The molecule has 0 bridgehead atoms. The molecule has 0 aliphatic carbocycles. The molecule has 0 radical (unpaired) electrons. The fourth-order valence-corrected chi connectivity index (χ4v) is 2.36. The Morgan fingerprint density at radius 1 is 1.29 bits per heavy atom. The molecule has 1 saturated heterocycles. The minimum Gasteiger partial charge on any atom is -0.381 e. The van der Waals surface area contributed by atoms with Crippen LogP contribution in [0.2, 0.25) is 0 Å². The van der Waals surface area contributed by atoms with Gasteiger partial charge in [0.05, 0.1) is 0 Å². The number of nitrogens with one attached hydrogen (secondary N) is 2. The summed E-state index contributed by atoms with van der Waals surface area (Å²) in [5.74, 6) is 0. The zero-order chi connectivity index (χ0) is 14.7. The summed E-state index contributed by atoms with van der Waals surface area (Å²) in [6.07, 6.45) is 3.68. The van der Waals surface area contributed by atoms with Crippen LogP contribution in [-0.4, -0.2) is 24.1 Å². The van der Waals surface area contributed by atoms with Crippen molar-refractivity contribution in [2.75, 3.05) is 23.3 Å². The van der Waals surface area contributed by atoms with Crippen molar-refractivity contribution in [1.82, 2.24) is 10.3 Å². The number of amides is 2. The molecule has 0 atom stereocenters. The van der Waals surface area contributed by atoms with Gasteiger partial charge in [0, 0.05) is 43.4 Å². The smallest absolute Gasteiger partial charge is 0.321 e. The van der Waals surface area contributed by atoms with Gasteiger partial charge in [-0.25, -0.2) is 4.79 Å². The monoisotopic (exact) mass is 282 g/mol. The summed E-state index contributed by atoms with van der Waals surface area (Å²) in [6.45, 7) is 4.25. The van der Waals surface area contributed by atoms with E-state index in [9.17, 15) is 4.79 Å². The maximum Gasteiger partial charge on any atom is 0.321 e. The van der Waals surface area contributed by atoms with Crippen LogP contribution in [0.1, 0.15) is 11.1 Å². The number of aromatic nitrogens is 1. The van der Waals surface area contributed by atoms with Crippen LogP contribution in [0.5, 0.6) is 0 Å².